The average molecular weight is 303 g/mol. The highest BCUT2D eigenvalue weighted by molar-refractivity contribution is 6.31. The van der Waals surface area contributed by atoms with Crippen LogP contribution in [0, 0.1) is 6.92 Å². The molecule has 3 rings (SSSR count). The molecule has 2 heterocycles. The molecule has 0 unspecified atom stereocenters. The first kappa shape index (κ1) is 14.3. The van der Waals surface area contributed by atoms with Crippen molar-refractivity contribution in [1.29, 1.82) is 0 Å². The van der Waals surface area contributed by atoms with Crippen LogP contribution < -0.4 is 0 Å². The molecule has 1 fully saturated rings. The number of aryl methyl sites for hydroxylation is 1. The van der Waals surface area contributed by atoms with Gasteiger partial charge in [0.1, 0.15) is 0 Å². The number of aromatic nitrogens is 1. The number of hydrogen-bond donors (Lipinski definition) is 0. The molecular weight excluding hydrogens is 284 g/mol. The maximum atomic E-state index is 12.8. The Bertz CT molecular complexity index is 676. The number of nitrogens with zero attached hydrogens (tertiary/aromatic N) is 2. The molecule has 0 aliphatic carbocycles. The van der Waals surface area contributed by atoms with Gasteiger partial charge in [0, 0.05) is 23.5 Å². The van der Waals surface area contributed by atoms with Crippen LogP contribution in [0.15, 0.2) is 24.3 Å². The fraction of sp³-hybridized carbons (Fsp3) is 0.412. The van der Waals surface area contributed by atoms with Crippen LogP contribution in [0.2, 0.25) is 5.02 Å². The van der Waals surface area contributed by atoms with Crippen molar-refractivity contribution in [1.82, 2.24) is 9.88 Å². The zero-order valence-electron chi connectivity index (χ0n) is 12.2. The first-order valence-electron chi connectivity index (χ1n) is 7.51. The third kappa shape index (κ3) is 3.03. The number of amides is 1. The van der Waals surface area contributed by atoms with Crippen LogP contribution in [0.3, 0.4) is 0 Å². The SMILES string of the molecule is Cc1nc2ccc(Cl)cc2cc1C(=O)N1CCCCCC1. The van der Waals surface area contributed by atoms with E-state index in [1.807, 2.05) is 36.1 Å². The molecule has 0 bridgehead atoms. The summed E-state index contributed by atoms with van der Waals surface area (Å²) in [4.78, 5) is 19.3. The Morgan fingerprint density at radius 3 is 2.57 bits per heavy atom. The molecule has 1 amide bonds. The van der Waals surface area contributed by atoms with Crippen LogP contribution in [0.25, 0.3) is 10.9 Å². The molecule has 110 valence electrons. The molecule has 1 aliphatic rings. The predicted molar refractivity (Wildman–Crippen MR) is 85.9 cm³/mol. The number of hydrogen-bond acceptors (Lipinski definition) is 2. The van der Waals surface area contributed by atoms with Crippen LogP contribution in [-0.2, 0) is 0 Å². The fourth-order valence-corrected chi connectivity index (χ4v) is 3.08. The Hall–Kier alpha value is -1.61. The van der Waals surface area contributed by atoms with Gasteiger partial charge in [-0.3, -0.25) is 9.78 Å². The first-order chi connectivity index (χ1) is 10.1. The number of benzene rings is 1. The molecule has 2 aromatic rings. The van der Waals surface area contributed by atoms with Gasteiger partial charge in [-0.15, -0.1) is 0 Å². The van der Waals surface area contributed by atoms with E-state index in [0.717, 1.165) is 42.5 Å². The smallest absolute Gasteiger partial charge is 0.255 e. The van der Waals surface area contributed by atoms with Gasteiger partial charge in [-0.25, -0.2) is 0 Å². The van der Waals surface area contributed by atoms with Gasteiger partial charge in [0.2, 0.25) is 0 Å². The molecule has 0 radical (unpaired) electrons. The molecule has 21 heavy (non-hydrogen) atoms. The Labute approximate surface area is 129 Å². The monoisotopic (exact) mass is 302 g/mol. The van der Waals surface area contributed by atoms with Crippen molar-refractivity contribution in [3.63, 3.8) is 0 Å². The average Bonchev–Trinajstić information content (AvgIpc) is 2.75. The molecule has 0 saturated carbocycles. The molecule has 0 atom stereocenters. The molecule has 1 aromatic heterocycles. The summed E-state index contributed by atoms with van der Waals surface area (Å²) in [6.45, 7) is 3.61. The van der Waals surface area contributed by atoms with E-state index in [9.17, 15) is 4.79 Å². The number of pyridine rings is 1. The number of fused-ring (bicyclic) bond motifs is 1. The lowest BCUT2D eigenvalue weighted by Gasteiger charge is -2.21. The van der Waals surface area contributed by atoms with Gasteiger partial charge in [-0.1, -0.05) is 24.4 Å². The second kappa shape index (κ2) is 6.02. The van der Waals surface area contributed by atoms with E-state index in [1.165, 1.54) is 12.8 Å². The number of rotatable bonds is 1. The van der Waals surface area contributed by atoms with Gasteiger partial charge >= 0.3 is 0 Å². The van der Waals surface area contributed by atoms with Crippen LogP contribution in [0.4, 0.5) is 0 Å². The lowest BCUT2D eigenvalue weighted by molar-refractivity contribution is 0.0760. The Morgan fingerprint density at radius 2 is 1.86 bits per heavy atom. The second-order valence-corrected chi connectivity index (χ2v) is 6.10. The van der Waals surface area contributed by atoms with E-state index in [-0.39, 0.29) is 5.91 Å². The van der Waals surface area contributed by atoms with E-state index in [2.05, 4.69) is 4.98 Å². The molecule has 1 aromatic carbocycles. The molecular formula is C17H19ClN2O. The number of likely N-dealkylation sites (tertiary alicyclic amines) is 1. The molecule has 4 heteroatoms. The van der Waals surface area contributed by atoms with Crippen LogP contribution in [-0.4, -0.2) is 28.9 Å². The van der Waals surface area contributed by atoms with Gasteiger partial charge in [-0.05, 0) is 44.0 Å². The first-order valence-corrected chi connectivity index (χ1v) is 7.89. The van der Waals surface area contributed by atoms with Crippen LogP contribution in [0.5, 0.6) is 0 Å². The minimum atomic E-state index is 0.101. The lowest BCUT2D eigenvalue weighted by Crippen LogP contribution is -2.32. The van der Waals surface area contributed by atoms with Crippen molar-refractivity contribution in [3.05, 3.63) is 40.5 Å². The lowest BCUT2D eigenvalue weighted by atomic mass is 10.1. The van der Waals surface area contributed by atoms with E-state index < -0.39 is 0 Å². The van der Waals surface area contributed by atoms with Crippen LogP contribution in [0.1, 0.15) is 41.7 Å². The predicted octanol–water partition coefficient (Wildman–Crippen LogP) is 4.21. The zero-order chi connectivity index (χ0) is 14.8. The van der Waals surface area contributed by atoms with Crippen molar-refractivity contribution in [2.75, 3.05) is 13.1 Å². The summed E-state index contributed by atoms with van der Waals surface area (Å²) in [6, 6.07) is 7.51. The van der Waals surface area contributed by atoms with E-state index in [1.54, 1.807) is 0 Å². The van der Waals surface area contributed by atoms with Gasteiger partial charge in [0.15, 0.2) is 0 Å². The van der Waals surface area contributed by atoms with Crippen molar-refractivity contribution >= 4 is 28.4 Å². The normalized spacial score (nSPS) is 16.0. The zero-order valence-corrected chi connectivity index (χ0v) is 13.0. The van der Waals surface area contributed by atoms with Crippen molar-refractivity contribution in [2.24, 2.45) is 0 Å². The quantitative estimate of drug-likeness (QED) is 0.790. The van der Waals surface area contributed by atoms with Gasteiger partial charge in [-0.2, -0.15) is 0 Å². The number of halogens is 1. The van der Waals surface area contributed by atoms with E-state index in [0.29, 0.717) is 10.6 Å². The maximum absolute atomic E-state index is 12.8. The van der Waals surface area contributed by atoms with Gasteiger partial charge in [0.05, 0.1) is 16.8 Å². The highest BCUT2D eigenvalue weighted by Gasteiger charge is 2.20. The Kier molecular flexibility index (Phi) is 4.11. The minimum Gasteiger partial charge on any atom is -0.339 e. The maximum Gasteiger partial charge on any atom is 0.255 e. The summed E-state index contributed by atoms with van der Waals surface area (Å²) in [5, 5.41) is 1.59. The topological polar surface area (TPSA) is 33.2 Å². The fourth-order valence-electron chi connectivity index (χ4n) is 2.90. The highest BCUT2D eigenvalue weighted by atomic mass is 35.5. The molecule has 0 spiro atoms. The van der Waals surface area contributed by atoms with Crippen molar-refractivity contribution in [2.45, 2.75) is 32.6 Å². The largest absolute Gasteiger partial charge is 0.339 e. The number of carbonyl (C=O) groups is 1. The Balaban J connectivity index is 1.98. The van der Waals surface area contributed by atoms with E-state index in [4.69, 9.17) is 11.6 Å². The summed E-state index contributed by atoms with van der Waals surface area (Å²) >= 11 is 6.04. The summed E-state index contributed by atoms with van der Waals surface area (Å²) in [7, 11) is 0. The summed E-state index contributed by atoms with van der Waals surface area (Å²) < 4.78 is 0. The van der Waals surface area contributed by atoms with Gasteiger partial charge < -0.3 is 4.90 Å². The van der Waals surface area contributed by atoms with Crippen molar-refractivity contribution in [3.8, 4) is 0 Å². The van der Waals surface area contributed by atoms with Crippen molar-refractivity contribution < 1.29 is 4.79 Å². The third-order valence-corrected chi connectivity index (χ3v) is 4.33. The highest BCUT2D eigenvalue weighted by Crippen LogP contribution is 2.22. The van der Waals surface area contributed by atoms with Gasteiger partial charge in [0.25, 0.3) is 5.91 Å². The summed E-state index contributed by atoms with van der Waals surface area (Å²) in [6.07, 6.45) is 4.62. The Morgan fingerprint density at radius 1 is 1.14 bits per heavy atom. The van der Waals surface area contributed by atoms with E-state index >= 15 is 0 Å². The second-order valence-electron chi connectivity index (χ2n) is 5.66. The summed E-state index contributed by atoms with van der Waals surface area (Å²) in [5.74, 6) is 0.101. The molecule has 0 N–H and O–H groups in total. The molecule has 1 aliphatic heterocycles. The van der Waals surface area contributed by atoms with Crippen LogP contribution >= 0.6 is 11.6 Å². The summed E-state index contributed by atoms with van der Waals surface area (Å²) in [5.41, 5.74) is 2.37. The standard InChI is InChI=1S/C17H19ClN2O/c1-12-15(17(21)20-8-4-2-3-5-9-20)11-13-10-14(18)6-7-16(13)19-12/h6-7,10-11H,2-5,8-9H2,1H3. The molecule has 1 saturated heterocycles. The number of carbonyl (C=O) groups excluding carboxylic acids is 1. The third-order valence-electron chi connectivity index (χ3n) is 4.09. The molecule has 3 nitrogen and oxygen atoms in total. The minimum absolute atomic E-state index is 0.101.